The van der Waals surface area contributed by atoms with Crippen molar-refractivity contribution in [2.45, 2.75) is 19.4 Å². The van der Waals surface area contributed by atoms with Gasteiger partial charge in [0.05, 0.1) is 0 Å². The molecule has 0 saturated heterocycles. The van der Waals surface area contributed by atoms with Crippen LogP contribution in [0.4, 0.5) is 5.69 Å². The van der Waals surface area contributed by atoms with Crippen molar-refractivity contribution in [3.05, 3.63) is 102 Å². The lowest BCUT2D eigenvalue weighted by atomic mass is 9.97. The standard InChI is InChI=1S/C26H24N2O5/c1-17(29)27-24(14-18-10-12-22(30)13-11-18)26(33)28-21-9-5-8-20(15-21)23(16-25(31)32)19-6-3-2-4-7-19/h2-13,15-16,24,30H,14H2,1H3,(H,27,29)(H,28,33)(H,31,32)/t24-/m0/s1. The van der Waals surface area contributed by atoms with Crippen molar-refractivity contribution in [3.8, 4) is 5.75 Å². The number of rotatable bonds is 8. The molecule has 3 aromatic carbocycles. The molecule has 33 heavy (non-hydrogen) atoms. The van der Waals surface area contributed by atoms with E-state index in [1.54, 1.807) is 36.4 Å². The quantitative estimate of drug-likeness (QED) is 0.396. The largest absolute Gasteiger partial charge is 0.508 e. The highest BCUT2D eigenvalue weighted by atomic mass is 16.4. The van der Waals surface area contributed by atoms with Gasteiger partial charge >= 0.3 is 5.97 Å². The van der Waals surface area contributed by atoms with Crippen LogP contribution in [0.5, 0.6) is 5.75 Å². The number of aromatic hydroxyl groups is 1. The second-order valence-corrected chi connectivity index (χ2v) is 7.46. The number of carbonyl (C=O) groups is 3. The lowest BCUT2D eigenvalue weighted by Gasteiger charge is -2.18. The Morgan fingerprint density at radius 2 is 1.58 bits per heavy atom. The molecule has 0 radical (unpaired) electrons. The average Bonchev–Trinajstić information content (AvgIpc) is 2.79. The Labute approximate surface area is 191 Å². The van der Waals surface area contributed by atoms with Crippen LogP contribution in [-0.2, 0) is 20.8 Å². The fraction of sp³-hybridized carbons (Fsp3) is 0.115. The Balaban J connectivity index is 1.84. The van der Waals surface area contributed by atoms with Crippen LogP contribution in [0.1, 0.15) is 23.6 Å². The van der Waals surface area contributed by atoms with Crippen molar-refractivity contribution in [1.29, 1.82) is 0 Å². The topological polar surface area (TPSA) is 116 Å². The van der Waals surface area contributed by atoms with Gasteiger partial charge in [-0.1, -0.05) is 54.6 Å². The average molecular weight is 444 g/mol. The lowest BCUT2D eigenvalue weighted by Crippen LogP contribution is -2.44. The van der Waals surface area contributed by atoms with Crippen LogP contribution in [0.2, 0.25) is 0 Å². The number of hydrogen-bond donors (Lipinski definition) is 4. The number of aliphatic carboxylic acids is 1. The Hall–Kier alpha value is -4.39. The summed E-state index contributed by atoms with van der Waals surface area (Å²) in [7, 11) is 0. The molecule has 0 spiro atoms. The Bertz CT molecular complexity index is 1170. The molecule has 0 unspecified atom stereocenters. The van der Waals surface area contributed by atoms with Crippen LogP contribution in [-0.4, -0.2) is 34.0 Å². The summed E-state index contributed by atoms with van der Waals surface area (Å²) in [6.07, 6.45) is 1.36. The number of anilines is 1. The summed E-state index contributed by atoms with van der Waals surface area (Å²) in [5.74, 6) is -1.74. The predicted molar refractivity (Wildman–Crippen MR) is 126 cm³/mol. The number of carbonyl (C=O) groups excluding carboxylic acids is 2. The number of carboxylic acids is 1. The van der Waals surface area contributed by atoms with Gasteiger partial charge in [-0.15, -0.1) is 0 Å². The highest BCUT2D eigenvalue weighted by molar-refractivity contribution is 5.99. The van der Waals surface area contributed by atoms with Crippen molar-refractivity contribution in [3.63, 3.8) is 0 Å². The van der Waals surface area contributed by atoms with E-state index in [1.807, 2.05) is 30.3 Å². The first-order valence-electron chi connectivity index (χ1n) is 10.3. The summed E-state index contributed by atoms with van der Waals surface area (Å²) >= 11 is 0. The molecule has 0 saturated carbocycles. The van der Waals surface area contributed by atoms with Crippen LogP contribution in [0.15, 0.2) is 84.9 Å². The zero-order valence-electron chi connectivity index (χ0n) is 18.0. The number of carboxylic acid groups (broad SMARTS) is 1. The van der Waals surface area contributed by atoms with Gasteiger partial charge < -0.3 is 20.8 Å². The van der Waals surface area contributed by atoms with Crippen molar-refractivity contribution >= 4 is 29.0 Å². The zero-order valence-corrected chi connectivity index (χ0v) is 18.0. The molecule has 0 aliphatic heterocycles. The van der Waals surface area contributed by atoms with E-state index in [4.69, 9.17) is 0 Å². The van der Waals surface area contributed by atoms with Crippen LogP contribution in [0, 0.1) is 0 Å². The lowest BCUT2D eigenvalue weighted by molar-refractivity contribution is -0.131. The third kappa shape index (κ3) is 6.80. The second-order valence-electron chi connectivity index (χ2n) is 7.46. The van der Waals surface area contributed by atoms with Gasteiger partial charge in [0, 0.05) is 25.1 Å². The molecule has 0 aromatic heterocycles. The number of nitrogens with one attached hydrogen (secondary N) is 2. The maximum Gasteiger partial charge on any atom is 0.328 e. The van der Waals surface area contributed by atoms with E-state index in [1.165, 1.54) is 19.1 Å². The Kier molecular flexibility index (Phi) is 7.60. The predicted octanol–water partition coefficient (Wildman–Crippen LogP) is 3.59. The van der Waals surface area contributed by atoms with Crippen molar-refractivity contribution in [2.24, 2.45) is 0 Å². The summed E-state index contributed by atoms with van der Waals surface area (Å²) in [6.45, 7) is 1.33. The summed E-state index contributed by atoms with van der Waals surface area (Å²) in [5, 5.41) is 24.2. The molecule has 3 aromatic rings. The molecule has 7 nitrogen and oxygen atoms in total. The first kappa shape index (κ1) is 23.3. The summed E-state index contributed by atoms with van der Waals surface area (Å²) in [4.78, 5) is 36.0. The Morgan fingerprint density at radius 3 is 2.21 bits per heavy atom. The number of benzene rings is 3. The fourth-order valence-electron chi connectivity index (χ4n) is 3.39. The minimum absolute atomic E-state index is 0.111. The van der Waals surface area contributed by atoms with E-state index in [-0.39, 0.29) is 18.1 Å². The number of phenols is 1. The van der Waals surface area contributed by atoms with Gasteiger partial charge in [-0.25, -0.2) is 4.79 Å². The molecule has 0 aliphatic carbocycles. The van der Waals surface area contributed by atoms with Crippen molar-refractivity contribution in [2.75, 3.05) is 5.32 Å². The number of phenolic OH excluding ortho intramolecular Hbond substituents is 1. The maximum atomic E-state index is 13.0. The van der Waals surface area contributed by atoms with Crippen LogP contribution in [0.25, 0.3) is 5.57 Å². The molecular formula is C26H24N2O5. The molecule has 4 N–H and O–H groups in total. The van der Waals surface area contributed by atoms with Crippen molar-refractivity contribution in [1.82, 2.24) is 5.32 Å². The SMILES string of the molecule is CC(=O)N[C@@H](Cc1ccc(O)cc1)C(=O)Nc1cccc(C(=CC(=O)O)c2ccccc2)c1. The summed E-state index contributed by atoms with van der Waals surface area (Å²) in [5.41, 5.74) is 3.08. The minimum Gasteiger partial charge on any atom is -0.508 e. The van der Waals surface area contributed by atoms with Gasteiger partial charge in [0.1, 0.15) is 11.8 Å². The molecule has 2 amide bonds. The molecule has 0 aliphatic rings. The first-order valence-corrected chi connectivity index (χ1v) is 10.3. The molecule has 0 bridgehead atoms. The van der Waals surface area contributed by atoms with Gasteiger partial charge in [-0.3, -0.25) is 9.59 Å². The molecule has 3 rings (SSSR count). The number of hydrogen-bond acceptors (Lipinski definition) is 4. The van der Waals surface area contributed by atoms with Gasteiger partial charge in [0.2, 0.25) is 11.8 Å². The van der Waals surface area contributed by atoms with E-state index < -0.39 is 17.9 Å². The van der Waals surface area contributed by atoms with Crippen LogP contribution in [0.3, 0.4) is 0 Å². The van der Waals surface area contributed by atoms with E-state index >= 15 is 0 Å². The monoisotopic (exact) mass is 444 g/mol. The molecule has 0 fully saturated rings. The highest BCUT2D eigenvalue weighted by Crippen LogP contribution is 2.26. The third-order valence-corrected chi connectivity index (χ3v) is 4.86. The fourth-order valence-corrected chi connectivity index (χ4v) is 3.39. The normalized spacial score (nSPS) is 12.0. The molecule has 168 valence electrons. The van der Waals surface area contributed by atoms with E-state index in [0.29, 0.717) is 16.8 Å². The van der Waals surface area contributed by atoms with Gasteiger partial charge in [-0.2, -0.15) is 0 Å². The first-order chi connectivity index (χ1) is 15.8. The van der Waals surface area contributed by atoms with Gasteiger partial charge in [-0.05, 0) is 46.5 Å². The van der Waals surface area contributed by atoms with E-state index in [0.717, 1.165) is 17.2 Å². The summed E-state index contributed by atoms with van der Waals surface area (Å²) < 4.78 is 0. The Morgan fingerprint density at radius 1 is 0.909 bits per heavy atom. The van der Waals surface area contributed by atoms with Crippen LogP contribution >= 0.6 is 0 Å². The molecular weight excluding hydrogens is 420 g/mol. The van der Waals surface area contributed by atoms with E-state index in [9.17, 15) is 24.6 Å². The molecule has 7 heteroatoms. The van der Waals surface area contributed by atoms with Crippen molar-refractivity contribution < 1.29 is 24.6 Å². The summed E-state index contributed by atoms with van der Waals surface area (Å²) in [6, 6.07) is 21.5. The third-order valence-electron chi connectivity index (χ3n) is 4.86. The zero-order chi connectivity index (χ0) is 23.8. The number of amides is 2. The molecule has 0 heterocycles. The van der Waals surface area contributed by atoms with Crippen LogP contribution < -0.4 is 10.6 Å². The maximum absolute atomic E-state index is 13.0. The van der Waals surface area contributed by atoms with Gasteiger partial charge in [0.15, 0.2) is 0 Å². The van der Waals surface area contributed by atoms with Gasteiger partial charge in [0.25, 0.3) is 0 Å². The highest BCUT2D eigenvalue weighted by Gasteiger charge is 2.20. The molecule has 1 atom stereocenters. The smallest absolute Gasteiger partial charge is 0.328 e. The van der Waals surface area contributed by atoms with E-state index in [2.05, 4.69) is 10.6 Å². The minimum atomic E-state index is -1.08. The second kappa shape index (κ2) is 10.8.